The van der Waals surface area contributed by atoms with Gasteiger partial charge >= 0.3 is 12.1 Å². The number of halogens is 3. The number of benzene rings is 1. The second-order valence-electron chi connectivity index (χ2n) is 8.27. The van der Waals surface area contributed by atoms with Crippen molar-refractivity contribution in [3.63, 3.8) is 0 Å². The molecule has 0 atom stereocenters. The molecule has 0 radical (unpaired) electrons. The number of nitrogens with zero attached hydrogens (tertiary/aromatic N) is 4. The minimum absolute atomic E-state index is 0.0647. The van der Waals surface area contributed by atoms with Gasteiger partial charge in [0.1, 0.15) is 0 Å². The molecule has 2 aliphatic heterocycles. The molecule has 3 heterocycles. The number of carbonyl (C=O) groups is 1. The van der Waals surface area contributed by atoms with Gasteiger partial charge in [-0.2, -0.15) is 13.2 Å². The fraction of sp³-hybridized carbons (Fsp3) is 0.524. The van der Waals surface area contributed by atoms with E-state index in [1.54, 1.807) is 4.31 Å². The van der Waals surface area contributed by atoms with Crippen molar-refractivity contribution < 1.29 is 31.5 Å². The van der Waals surface area contributed by atoms with Crippen LogP contribution < -0.4 is 0 Å². The van der Waals surface area contributed by atoms with E-state index in [0.29, 0.717) is 13.1 Å². The number of carboxylic acids is 1. The van der Waals surface area contributed by atoms with Crippen LogP contribution in [0.15, 0.2) is 36.7 Å². The standard InChI is InChI=1S/C19H26N4O2S.C2HF3O2/c1-3-21-13-17-18(16-7-5-4-6-8-16)20-15-23(17)19(14-21)9-11-22(12-10-19)26(2,24)25;3-2(4,5)1(6)7/h4-8,15H,3,9-14H2,1-2H3;(H,6,7). The molecule has 8 nitrogen and oxygen atoms in total. The van der Waals surface area contributed by atoms with Crippen molar-refractivity contribution >= 4 is 16.0 Å². The van der Waals surface area contributed by atoms with Crippen LogP contribution in [-0.4, -0.2) is 76.9 Å². The van der Waals surface area contributed by atoms with Crippen LogP contribution >= 0.6 is 0 Å². The molecule has 0 bridgehead atoms. The summed E-state index contributed by atoms with van der Waals surface area (Å²) in [6.07, 6.45) is -0.149. The van der Waals surface area contributed by atoms with Gasteiger partial charge in [-0.25, -0.2) is 22.5 Å². The van der Waals surface area contributed by atoms with Crippen molar-refractivity contribution in [2.24, 2.45) is 0 Å². The largest absolute Gasteiger partial charge is 0.490 e. The zero-order valence-electron chi connectivity index (χ0n) is 18.4. The van der Waals surface area contributed by atoms with E-state index in [4.69, 9.17) is 14.9 Å². The number of alkyl halides is 3. The van der Waals surface area contributed by atoms with Crippen LogP contribution in [0.2, 0.25) is 0 Å². The Morgan fingerprint density at radius 2 is 1.76 bits per heavy atom. The van der Waals surface area contributed by atoms with E-state index in [9.17, 15) is 21.6 Å². The summed E-state index contributed by atoms with van der Waals surface area (Å²) in [5, 5.41) is 7.12. The highest BCUT2D eigenvalue weighted by Crippen LogP contribution is 2.39. The molecule has 1 N–H and O–H groups in total. The van der Waals surface area contributed by atoms with Crippen LogP contribution in [0.3, 0.4) is 0 Å². The van der Waals surface area contributed by atoms with Crippen LogP contribution in [0.5, 0.6) is 0 Å². The van der Waals surface area contributed by atoms with Gasteiger partial charge in [-0.05, 0) is 19.4 Å². The molecule has 1 aromatic heterocycles. The quantitative estimate of drug-likeness (QED) is 0.714. The lowest BCUT2D eigenvalue weighted by Gasteiger charge is -2.48. The summed E-state index contributed by atoms with van der Waals surface area (Å²) in [6, 6.07) is 10.3. The molecule has 0 unspecified atom stereocenters. The maximum atomic E-state index is 11.9. The first-order chi connectivity index (χ1) is 15.4. The van der Waals surface area contributed by atoms with E-state index in [0.717, 1.165) is 43.7 Å². The topological polar surface area (TPSA) is 95.7 Å². The van der Waals surface area contributed by atoms with Crippen LogP contribution in [-0.2, 0) is 26.9 Å². The third-order valence-electron chi connectivity index (χ3n) is 6.13. The third kappa shape index (κ3) is 5.56. The molecule has 1 spiro atoms. The Hall–Kier alpha value is -2.44. The van der Waals surface area contributed by atoms with Crippen LogP contribution in [0.4, 0.5) is 13.2 Å². The second-order valence-corrected chi connectivity index (χ2v) is 10.3. The maximum absolute atomic E-state index is 11.9. The van der Waals surface area contributed by atoms with Gasteiger partial charge < -0.3 is 9.67 Å². The summed E-state index contributed by atoms with van der Waals surface area (Å²) in [4.78, 5) is 16.1. The molecule has 1 saturated heterocycles. The van der Waals surface area contributed by atoms with Crippen LogP contribution in [0.25, 0.3) is 11.3 Å². The Labute approximate surface area is 190 Å². The first-order valence-electron chi connectivity index (χ1n) is 10.5. The van der Waals surface area contributed by atoms with Gasteiger partial charge in [0.15, 0.2) is 0 Å². The smallest absolute Gasteiger partial charge is 0.475 e. The van der Waals surface area contributed by atoms with Crippen LogP contribution in [0, 0.1) is 0 Å². The van der Waals surface area contributed by atoms with Gasteiger partial charge in [0, 0.05) is 31.7 Å². The molecule has 4 rings (SSSR count). The van der Waals surface area contributed by atoms with Gasteiger partial charge in [-0.1, -0.05) is 37.3 Å². The monoisotopic (exact) mass is 488 g/mol. The molecule has 2 aromatic rings. The maximum Gasteiger partial charge on any atom is 0.490 e. The molecule has 1 fully saturated rings. The van der Waals surface area contributed by atoms with Crippen molar-refractivity contribution in [1.82, 2.24) is 18.8 Å². The summed E-state index contributed by atoms with van der Waals surface area (Å²) in [7, 11) is -3.12. The normalized spacial score (nSPS) is 18.9. The van der Waals surface area contributed by atoms with E-state index in [2.05, 4.69) is 28.5 Å². The molecule has 0 aliphatic carbocycles. The highest BCUT2D eigenvalue weighted by Gasteiger charge is 2.43. The number of sulfonamides is 1. The predicted octanol–water partition coefficient (Wildman–Crippen LogP) is 2.77. The number of aliphatic carboxylic acids is 1. The van der Waals surface area contributed by atoms with E-state index in [1.165, 1.54) is 11.9 Å². The van der Waals surface area contributed by atoms with Gasteiger partial charge in [-0.15, -0.1) is 0 Å². The Morgan fingerprint density at radius 1 is 1.18 bits per heavy atom. The van der Waals surface area contributed by atoms with Crippen molar-refractivity contribution in [2.45, 2.75) is 38.0 Å². The molecule has 182 valence electrons. The van der Waals surface area contributed by atoms with Crippen molar-refractivity contribution in [3.8, 4) is 11.3 Å². The summed E-state index contributed by atoms with van der Waals surface area (Å²) in [5.74, 6) is -2.76. The molecule has 0 saturated carbocycles. The predicted molar refractivity (Wildman–Crippen MR) is 116 cm³/mol. The van der Waals surface area contributed by atoms with Crippen molar-refractivity contribution in [3.05, 3.63) is 42.4 Å². The zero-order valence-corrected chi connectivity index (χ0v) is 19.2. The SMILES string of the molecule is CCN1Cc2c(-c3ccccc3)ncn2C2(CCN(S(C)(=O)=O)CC2)C1.O=C(O)C(F)(F)F. The van der Waals surface area contributed by atoms with Gasteiger partial charge in [-0.3, -0.25) is 4.90 Å². The minimum atomic E-state index is -5.08. The number of imidazole rings is 1. The molecule has 2 aliphatic rings. The summed E-state index contributed by atoms with van der Waals surface area (Å²) < 4.78 is 59.5. The fourth-order valence-corrected chi connectivity index (χ4v) is 5.23. The van der Waals surface area contributed by atoms with Crippen molar-refractivity contribution in [1.29, 1.82) is 0 Å². The Morgan fingerprint density at radius 3 is 2.24 bits per heavy atom. The number of likely N-dealkylation sites (N-methyl/N-ethyl adjacent to an activating group) is 1. The average Bonchev–Trinajstić information content (AvgIpc) is 3.19. The Balaban J connectivity index is 0.000000383. The fourth-order valence-electron chi connectivity index (χ4n) is 4.39. The van der Waals surface area contributed by atoms with Gasteiger partial charge in [0.25, 0.3) is 0 Å². The number of rotatable bonds is 3. The molecule has 1 aromatic carbocycles. The lowest BCUT2D eigenvalue weighted by atomic mass is 9.85. The average molecular weight is 489 g/mol. The second kappa shape index (κ2) is 9.43. The molecule has 12 heteroatoms. The van der Waals surface area contributed by atoms with E-state index in [-0.39, 0.29) is 5.54 Å². The molecular weight excluding hydrogens is 461 g/mol. The highest BCUT2D eigenvalue weighted by atomic mass is 32.2. The Kier molecular flexibility index (Phi) is 7.20. The third-order valence-corrected chi connectivity index (χ3v) is 7.43. The van der Waals surface area contributed by atoms with E-state index in [1.807, 2.05) is 24.5 Å². The molecular formula is C21H27F3N4O4S. The summed E-state index contributed by atoms with van der Waals surface area (Å²) in [5.41, 5.74) is 3.37. The number of aromatic nitrogens is 2. The summed E-state index contributed by atoms with van der Waals surface area (Å²) >= 11 is 0. The first kappa shape index (κ1) is 25.2. The first-order valence-corrected chi connectivity index (χ1v) is 12.3. The minimum Gasteiger partial charge on any atom is -0.475 e. The molecule has 0 amide bonds. The number of carboxylic acid groups (broad SMARTS) is 1. The number of hydrogen-bond acceptors (Lipinski definition) is 5. The lowest BCUT2D eigenvalue weighted by molar-refractivity contribution is -0.192. The Bertz CT molecular complexity index is 1080. The molecule has 33 heavy (non-hydrogen) atoms. The highest BCUT2D eigenvalue weighted by molar-refractivity contribution is 7.88. The van der Waals surface area contributed by atoms with E-state index >= 15 is 0 Å². The summed E-state index contributed by atoms with van der Waals surface area (Å²) in [6.45, 7) is 6.17. The van der Waals surface area contributed by atoms with Gasteiger partial charge in [0.05, 0.1) is 29.5 Å². The lowest BCUT2D eigenvalue weighted by Crippen LogP contribution is -2.56. The number of piperidine rings is 1. The number of hydrogen-bond donors (Lipinski definition) is 1. The van der Waals surface area contributed by atoms with Crippen molar-refractivity contribution in [2.75, 3.05) is 32.4 Å². The number of fused-ring (bicyclic) bond motifs is 2. The zero-order chi connectivity index (χ0) is 24.4. The van der Waals surface area contributed by atoms with Gasteiger partial charge in [0.2, 0.25) is 10.0 Å². The van der Waals surface area contributed by atoms with E-state index < -0.39 is 22.2 Å². The van der Waals surface area contributed by atoms with Crippen LogP contribution in [0.1, 0.15) is 25.5 Å².